The van der Waals surface area contributed by atoms with Crippen molar-refractivity contribution in [1.29, 1.82) is 0 Å². The highest BCUT2D eigenvalue weighted by atomic mass is 16.2. The molecule has 1 fully saturated rings. The van der Waals surface area contributed by atoms with Crippen LogP contribution < -0.4 is 0 Å². The number of carbonyl (C=O) groups excluding carboxylic acids is 1. The number of hydrogen-bond donors (Lipinski definition) is 1. The van der Waals surface area contributed by atoms with Crippen LogP contribution in [0.5, 0.6) is 0 Å². The van der Waals surface area contributed by atoms with E-state index in [0.717, 1.165) is 30.8 Å². The molecule has 3 heterocycles. The number of aromatic amines is 1. The van der Waals surface area contributed by atoms with Crippen molar-refractivity contribution in [2.75, 3.05) is 6.54 Å². The Morgan fingerprint density at radius 3 is 2.74 bits per heavy atom. The maximum Gasteiger partial charge on any atom is 0.228 e. The molecule has 1 N–H and O–H groups in total. The first kappa shape index (κ1) is 15.6. The van der Waals surface area contributed by atoms with Gasteiger partial charge < -0.3 is 9.88 Å². The SMILES string of the molecule is Cc1cnc(-c2cncc([C@@H]3CCCN3C(=O)C(C)(C)C)n2)[nH]1. The Balaban J connectivity index is 1.90. The Labute approximate surface area is 136 Å². The smallest absolute Gasteiger partial charge is 0.228 e. The third-order valence-electron chi connectivity index (χ3n) is 4.10. The summed E-state index contributed by atoms with van der Waals surface area (Å²) in [6.07, 6.45) is 7.16. The highest BCUT2D eigenvalue weighted by molar-refractivity contribution is 5.82. The molecule has 0 radical (unpaired) electrons. The van der Waals surface area contributed by atoms with Crippen LogP contribution in [-0.4, -0.2) is 37.3 Å². The van der Waals surface area contributed by atoms with Crippen molar-refractivity contribution in [2.24, 2.45) is 5.41 Å². The van der Waals surface area contributed by atoms with Crippen LogP contribution in [0.1, 0.15) is 51.0 Å². The number of nitrogens with zero attached hydrogens (tertiary/aromatic N) is 4. The molecule has 23 heavy (non-hydrogen) atoms. The Morgan fingerprint density at radius 2 is 2.09 bits per heavy atom. The first-order valence-electron chi connectivity index (χ1n) is 8.01. The number of hydrogen-bond acceptors (Lipinski definition) is 4. The van der Waals surface area contributed by atoms with E-state index in [1.807, 2.05) is 32.6 Å². The number of rotatable bonds is 2. The van der Waals surface area contributed by atoms with Gasteiger partial charge in [0.25, 0.3) is 0 Å². The van der Waals surface area contributed by atoms with Gasteiger partial charge in [-0.3, -0.25) is 9.78 Å². The summed E-state index contributed by atoms with van der Waals surface area (Å²) >= 11 is 0. The zero-order valence-electron chi connectivity index (χ0n) is 14.1. The fourth-order valence-corrected chi connectivity index (χ4v) is 2.95. The Hall–Kier alpha value is -2.24. The average molecular weight is 313 g/mol. The van der Waals surface area contributed by atoms with E-state index in [1.54, 1.807) is 18.6 Å². The zero-order chi connectivity index (χ0) is 16.6. The Morgan fingerprint density at radius 1 is 1.30 bits per heavy atom. The van der Waals surface area contributed by atoms with E-state index in [4.69, 9.17) is 4.98 Å². The maximum atomic E-state index is 12.7. The van der Waals surface area contributed by atoms with Crippen LogP contribution in [0, 0.1) is 12.3 Å². The molecule has 6 nitrogen and oxygen atoms in total. The molecule has 0 bridgehead atoms. The minimum Gasteiger partial charge on any atom is -0.341 e. The second-order valence-electron chi connectivity index (χ2n) is 7.15. The number of H-pyrrole nitrogens is 1. The van der Waals surface area contributed by atoms with Gasteiger partial charge in [0.1, 0.15) is 5.69 Å². The fourth-order valence-electron chi connectivity index (χ4n) is 2.95. The van der Waals surface area contributed by atoms with Gasteiger partial charge in [0, 0.05) is 23.9 Å². The maximum absolute atomic E-state index is 12.7. The molecule has 0 aliphatic carbocycles. The summed E-state index contributed by atoms with van der Waals surface area (Å²) in [7, 11) is 0. The van der Waals surface area contributed by atoms with Crippen LogP contribution in [0.2, 0.25) is 0 Å². The predicted molar refractivity (Wildman–Crippen MR) is 87.5 cm³/mol. The molecule has 3 rings (SSSR count). The lowest BCUT2D eigenvalue weighted by atomic mass is 9.94. The van der Waals surface area contributed by atoms with Crippen molar-refractivity contribution in [3.63, 3.8) is 0 Å². The fraction of sp³-hybridized carbons (Fsp3) is 0.529. The molecule has 1 aliphatic rings. The van der Waals surface area contributed by atoms with E-state index in [2.05, 4.69) is 15.0 Å². The molecule has 122 valence electrons. The van der Waals surface area contributed by atoms with Gasteiger partial charge in [0.2, 0.25) is 5.91 Å². The summed E-state index contributed by atoms with van der Waals surface area (Å²) in [6.45, 7) is 8.61. The van der Waals surface area contributed by atoms with E-state index in [-0.39, 0.29) is 17.4 Å². The third-order valence-corrected chi connectivity index (χ3v) is 4.10. The van der Waals surface area contributed by atoms with E-state index in [1.165, 1.54) is 0 Å². The molecular weight excluding hydrogens is 290 g/mol. The normalized spacial score (nSPS) is 18.4. The molecule has 1 amide bonds. The number of nitrogens with one attached hydrogen (secondary N) is 1. The lowest BCUT2D eigenvalue weighted by Gasteiger charge is -2.30. The van der Waals surface area contributed by atoms with Crippen molar-refractivity contribution in [1.82, 2.24) is 24.8 Å². The quantitative estimate of drug-likeness (QED) is 0.925. The van der Waals surface area contributed by atoms with E-state index < -0.39 is 0 Å². The summed E-state index contributed by atoms with van der Waals surface area (Å²) in [5.74, 6) is 0.879. The van der Waals surface area contributed by atoms with Gasteiger partial charge in [-0.15, -0.1) is 0 Å². The van der Waals surface area contributed by atoms with Crippen LogP contribution in [0.3, 0.4) is 0 Å². The first-order valence-corrected chi connectivity index (χ1v) is 8.01. The number of likely N-dealkylation sites (tertiary alicyclic amines) is 1. The highest BCUT2D eigenvalue weighted by Crippen LogP contribution is 2.34. The van der Waals surface area contributed by atoms with Crippen LogP contribution >= 0.6 is 0 Å². The van der Waals surface area contributed by atoms with Crippen molar-refractivity contribution in [2.45, 2.75) is 46.6 Å². The predicted octanol–water partition coefficient (Wildman–Crippen LogP) is 2.88. The molecule has 0 aromatic carbocycles. The Kier molecular flexibility index (Phi) is 3.92. The number of imidazole rings is 1. The second-order valence-corrected chi connectivity index (χ2v) is 7.15. The topological polar surface area (TPSA) is 74.8 Å². The summed E-state index contributed by atoms with van der Waals surface area (Å²) in [5, 5.41) is 0. The van der Waals surface area contributed by atoms with Gasteiger partial charge in [-0.05, 0) is 19.8 Å². The van der Waals surface area contributed by atoms with Gasteiger partial charge in [-0.25, -0.2) is 9.97 Å². The second kappa shape index (κ2) is 5.76. The molecule has 1 saturated heterocycles. The van der Waals surface area contributed by atoms with Crippen LogP contribution in [0.4, 0.5) is 0 Å². The van der Waals surface area contributed by atoms with Crippen LogP contribution in [0.25, 0.3) is 11.5 Å². The molecule has 1 aliphatic heterocycles. The highest BCUT2D eigenvalue weighted by Gasteiger charge is 2.36. The van der Waals surface area contributed by atoms with Gasteiger partial charge in [0.05, 0.1) is 24.1 Å². The van der Waals surface area contributed by atoms with E-state index in [9.17, 15) is 4.79 Å². The number of amides is 1. The van der Waals surface area contributed by atoms with Crippen LogP contribution in [0.15, 0.2) is 18.6 Å². The van der Waals surface area contributed by atoms with Crippen molar-refractivity contribution < 1.29 is 4.79 Å². The molecule has 0 saturated carbocycles. The summed E-state index contributed by atoms with van der Waals surface area (Å²) in [5.41, 5.74) is 2.15. The minimum absolute atomic E-state index is 0.00485. The van der Waals surface area contributed by atoms with E-state index >= 15 is 0 Å². The minimum atomic E-state index is -0.383. The van der Waals surface area contributed by atoms with Crippen molar-refractivity contribution in [3.05, 3.63) is 30.0 Å². The summed E-state index contributed by atoms with van der Waals surface area (Å²) in [6, 6.07) is 0.00485. The van der Waals surface area contributed by atoms with Gasteiger partial charge in [-0.2, -0.15) is 0 Å². The number of aryl methyl sites for hydroxylation is 1. The number of aromatic nitrogens is 4. The number of carbonyl (C=O) groups is 1. The summed E-state index contributed by atoms with van der Waals surface area (Å²) in [4.78, 5) is 31.1. The largest absolute Gasteiger partial charge is 0.341 e. The zero-order valence-corrected chi connectivity index (χ0v) is 14.1. The molecule has 0 unspecified atom stereocenters. The molecule has 6 heteroatoms. The van der Waals surface area contributed by atoms with E-state index in [0.29, 0.717) is 11.5 Å². The Bertz CT molecular complexity index is 716. The van der Waals surface area contributed by atoms with Crippen molar-refractivity contribution in [3.8, 4) is 11.5 Å². The standard InChI is InChI=1S/C17H23N5O/c1-11-8-19-15(20-11)13-10-18-9-12(21-13)14-6-5-7-22(14)16(23)17(2,3)4/h8-10,14H,5-7H2,1-4H3,(H,19,20)/t14-/m0/s1. The third kappa shape index (κ3) is 3.11. The average Bonchev–Trinajstić information content (AvgIpc) is 3.14. The summed E-state index contributed by atoms with van der Waals surface area (Å²) < 4.78 is 0. The van der Waals surface area contributed by atoms with Gasteiger partial charge in [0.15, 0.2) is 5.82 Å². The van der Waals surface area contributed by atoms with Gasteiger partial charge in [-0.1, -0.05) is 20.8 Å². The van der Waals surface area contributed by atoms with Crippen LogP contribution in [-0.2, 0) is 4.79 Å². The molecule has 2 aromatic rings. The first-order chi connectivity index (χ1) is 10.9. The van der Waals surface area contributed by atoms with Gasteiger partial charge >= 0.3 is 0 Å². The molecule has 1 atom stereocenters. The lowest BCUT2D eigenvalue weighted by molar-refractivity contribution is -0.140. The molecule has 2 aromatic heterocycles. The van der Waals surface area contributed by atoms with Crippen molar-refractivity contribution >= 4 is 5.91 Å². The molecular formula is C17H23N5O. The lowest BCUT2D eigenvalue weighted by Crippen LogP contribution is -2.39. The monoisotopic (exact) mass is 313 g/mol. The molecule has 0 spiro atoms.